The molecule has 0 aliphatic rings. The van der Waals surface area contributed by atoms with E-state index in [-0.39, 0.29) is 43.3 Å². The molecular formula is C112H142N4. The van der Waals surface area contributed by atoms with Crippen LogP contribution in [0.15, 0.2) is 182 Å². The third-order valence-electron chi connectivity index (χ3n) is 25.2. The molecular weight excluding hydrogens is 1400 g/mol. The first-order valence-electron chi connectivity index (χ1n) is 44.3. The standard InChI is InChI=1S/C112H142N4/c1-33-71-45-41-46-72(34-2)101(71)113(87-61-79(105(9,10)11)57-80(62-87)106(12,13)14)95-69-96(114(102-73(35-3)47-42-48-74(102)36-4)88-63-81(107(15,16)17)58-82(64-88)108(18,19)20)92-55-56-94-98(116(104-77(39-7)51-44-52-78(104)40-8)90-67-85(111(27,28)29)60-86(68-90)112(30,31)32)70-97(93-54-53-91(95)99(92)100(93)94)115(103-75(37-5)49-43-50-76(103)38-6)89-65-83(109(21,22)23)59-84(66-89)110(24,25)26/h41-70H,33-40H2,1-32H3. The summed E-state index contributed by atoms with van der Waals surface area (Å²) < 4.78 is 0. The molecule has 12 aromatic rings. The predicted octanol–water partition coefficient (Wildman–Crippen LogP) is 33.3. The molecule has 0 N–H and O–H groups in total. The maximum absolute atomic E-state index is 2.78. The average molecular weight is 1540 g/mol. The second kappa shape index (κ2) is 32.0. The van der Waals surface area contributed by atoms with Gasteiger partial charge in [-0.15, -0.1) is 0 Å². The first-order chi connectivity index (χ1) is 54.2. The van der Waals surface area contributed by atoms with Crippen molar-refractivity contribution in [2.24, 2.45) is 0 Å². The average Bonchev–Trinajstić information content (AvgIpc) is 0.693. The minimum Gasteiger partial charge on any atom is -0.309 e. The largest absolute Gasteiger partial charge is 0.309 e. The molecule has 0 unspecified atom stereocenters. The Morgan fingerprint density at radius 1 is 0.181 bits per heavy atom. The number of rotatable bonds is 20. The van der Waals surface area contributed by atoms with E-state index in [0.29, 0.717) is 0 Å². The van der Waals surface area contributed by atoms with E-state index >= 15 is 0 Å². The third kappa shape index (κ3) is 16.6. The molecule has 0 saturated carbocycles. The van der Waals surface area contributed by atoms with Gasteiger partial charge < -0.3 is 19.6 Å². The first kappa shape index (κ1) is 86.2. The third-order valence-corrected chi connectivity index (χ3v) is 25.2. The normalized spacial score (nSPS) is 12.9. The Bertz CT molecular complexity index is 4710. The fourth-order valence-electron chi connectivity index (χ4n) is 17.6. The van der Waals surface area contributed by atoms with E-state index in [4.69, 9.17) is 0 Å². The van der Waals surface area contributed by atoms with Gasteiger partial charge in [-0.05, 0) is 244 Å². The molecule has 12 rings (SSSR count). The number of aryl methyl sites for hydroxylation is 8. The van der Waals surface area contributed by atoms with Gasteiger partial charge in [-0.1, -0.05) is 343 Å². The molecule has 0 atom stereocenters. The Morgan fingerprint density at radius 3 is 0.440 bits per heavy atom. The zero-order valence-corrected chi connectivity index (χ0v) is 77.8. The smallest absolute Gasteiger partial charge is 0.0561 e. The number of para-hydroxylation sites is 4. The molecule has 12 aromatic carbocycles. The van der Waals surface area contributed by atoms with Crippen LogP contribution in [0.3, 0.4) is 0 Å². The van der Waals surface area contributed by atoms with Crippen LogP contribution >= 0.6 is 0 Å². The topological polar surface area (TPSA) is 13.0 Å². The van der Waals surface area contributed by atoms with Gasteiger partial charge in [-0.25, -0.2) is 0 Å². The summed E-state index contributed by atoms with van der Waals surface area (Å²) in [4.78, 5) is 11.1. The van der Waals surface area contributed by atoms with Gasteiger partial charge in [-0.3, -0.25) is 0 Å². The van der Waals surface area contributed by atoms with Crippen molar-refractivity contribution in [3.05, 3.63) is 271 Å². The summed E-state index contributed by atoms with van der Waals surface area (Å²) in [7, 11) is 0. The lowest BCUT2D eigenvalue weighted by Crippen LogP contribution is -2.22. The lowest BCUT2D eigenvalue weighted by Gasteiger charge is -2.38. The summed E-state index contributed by atoms with van der Waals surface area (Å²) in [5, 5.41) is 7.30. The SMILES string of the molecule is CCc1cccc(CC)c1N(c1cc(C(C)(C)C)cc(C(C)(C)C)c1)c1cc(N(c2cc(C(C)(C)C)cc(C(C)(C)C)c2)c2c(CC)cccc2CC)c2ccc3c(N(c4cc(C(C)(C)C)cc(C(C)(C)C)c4)c4c(CC)cccc4CC)cc(N(c4cc(C(C)(C)C)cc(C(C)(C)C)c4)c4c(CC)cccc4CC)c4ccc1c2c43. The first-order valence-corrected chi connectivity index (χ1v) is 44.3. The number of nitrogens with zero attached hydrogens (tertiary/aromatic N) is 4. The molecule has 0 bridgehead atoms. The van der Waals surface area contributed by atoms with E-state index in [0.717, 1.165) is 74.1 Å². The fourth-order valence-corrected chi connectivity index (χ4v) is 17.6. The quantitative estimate of drug-likeness (QED) is 0.0705. The molecule has 0 aliphatic heterocycles. The van der Waals surface area contributed by atoms with E-state index in [1.807, 2.05) is 0 Å². The molecule has 610 valence electrons. The Hall–Kier alpha value is -9.12. The van der Waals surface area contributed by atoms with E-state index in [1.165, 1.54) is 167 Å². The number of hydrogen-bond donors (Lipinski definition) is 0. The summed E-state index contributed by atoms with van der Waals surface area (Å²) in [5.74, 6) is 0. The molecule has 4 nitrogen and oxygen atoms in total. The maximum atomic E-state index is 2.78. The van der Waals surface area contributed by atoms with Crippen molar-refractivity contribution in [1.82, 2.24) is 0 Å². The lowest BCUT2D eigenvalue weighted by atomic mass is 9.79. The highest BCUT2D eigenvalue weighted by molar-refractivity contribution is 6.33. The molecule has 0 amide bonds. The summed E-state index contributed by atoms with van der Waals surface area (Å²) >= 11 is 0. The Labute approximate surface area is 702 Å². The van der Waals surface area contributed by atoms with Gasteiger partial charge in [0.1, 0.15) is 0 Å². The molecule has 0 fully saturated rings. The molecule has 4 heteroatoms. The Balaban J connectivity index is 1.48. The molecule has 0 radical (unpaired) electrons. The monoisotopic (exact) mass is 1540 g/mol. The predicted molar refractivity (Wildman–Crippen MR) is 514 cm³/mol. The van der Waals surface area contributed by atoms with Crippen molar-refractivity contribution in [3.63, 3.8) is 0 Å². The van der Waals surface area contributed by atoms with Crippen LogP contribution in [0.4, 0.5) is 68.2 Å². The van der Waals surface area contributed by atoms with Crippen LogP contribution in [-0.4, -0.2) is 0 Å². The highest BCUT2D eigenvalue weighted by Gasteiger charge is 2.37. The van der Waals surface area contributed by atoms with Crippen LogP contribution in [0.5, 0.6) is 0 Å². The Morgan fingerprint density at radius 2 is 0.319 bits per heavy atom. The fraction of sp³-hybridized carbons (Fsp3) is 0.429. The van der Waals surface area contributed by atoms with E-state index in [2.05, 4.69) is 423 Å². The number of anilines is 12. The minimum atomic E-state index is -0.180. The van der Waals surface area contributed by atoms with Crippen LogP contribution < -0.4 is 19.6 Å². The van der Waals surface area contributed by atoms with Crippen LogP contribution in [0.25, 0.3) is 32.3 Å². The second-order valence-electron chi connectivity index (χ2n) is 41.8. The van der Waals surface area contributed by atoms with Gasteiger partial charge in [0.05, 0.1) is 45.5 Å². The minimum absolute atomic E-state index is 0.180. The summed E-state index contributed by atoms with van der Waals surface area (Å²) in [6.07, 6.45) is 6.82. The molecule has 0 saturated heterocycles. The highest BCUT2D eigenvalue weighted by Crippen LogP contribution is 2.59. The van der Waals surface area contributed by atoms with Crippen LogP contribution in [-0.2, 0) is 94.7 Å². The molecule has 0 aliphatic carbocycles. The van der Waals surface area contributed by atoms with Gasteiger partial charge in [0.2, 0.25) is 0 Å². The van der Waals surface area contributed by atoms with Crippen LogP contribution in [0, 0.1) is 0 Å². The van der Waals surface area contributed by atoms with Gasteiger partial charge in [0, 0.05) is 55.1 Å². The van der Waals surface area contributed by atoms with Crippen molar-refractivity contribution in [3.8, 4) is 0 Å². The summed E-state index contributed by atoms with van der Waals surface area (Å²) in [6.45, 7) is 76.6. The second-order valence-corrected chi connectivity index (χ2v) is 41.8. The van der Waals surface area contributed by atoms with Crippen molar-refractivity contribution >= 4 is 101 Å². The zero-order valence-electron chi connectivity index (χ0n) is 77.8. The molecule has 0 spiro atoms. The van der Waals surface area contributed by atoms with Crippen LogP contribution in [0.1, 0.15) is 311 Å². The van der Waals surface area contributed by atoms with Crippen molar-refractivity contribution < 1.29 is 0 Å². The maximum Gasteiger partial charge on any atom is 0.0561 e. The molecule has 116 heavy (non-hydrogen) atoms. The van der Waals surface area contributed by atoms with Crippen molar-refractivity contribution in [2.75, 3.05) is 19.6 Å². The number of hydrogen-bond acceptors (Lipinski definition) is 4. The molecule has 0 heterocycles. The van der Waals surface area contributed by atoms with E-state index in [9.17, 15) is 0 Å². The number of benzene rings is 12. The van der Waals surface area contributed by atoms with Gasteiger partial charge in [-0.2, -0.15) is 0 Å². The van der Waals surface area contributed by atoms with Gasteiger partial charge in [0.25, 0.3) is 0 Å². The van der Waals surface area contributed by atoms with Crippen molar-refractivity contribution in [2.45, 2.75) is 316 Å². The summed E-state index contributed by atoms with van der Waals surface area (Å²) in [6, 6.07) is 74.8. The molecule has 0 aromatic heterocycles. The van der Waals surface area contributed by atoms with Gasteiger partial charge >= 0.3 is 0 Å². The zero-order chi connectivity index (χ0) is 84.8. The van der Waals surface area contributed by atoms with Crippen molar-refractivity contribution in [1.29, 1.82) is 0 Å². The lowest BCUT2D eigenvalue weighted by molar-refractivity contribution is 0.568. The highest BCUT2D eigenvalue weighted by atomic mass is 15.2. The van der Waals surface area contributed by atoms with Crippen LogP contribution in [0.2, 0.25) is 0 Å². The van der Waals surface area contributed by atoms with E-state index in [1.54, 1.807) is 0 Å². The van der Waals surface area contributed by atoms with E-state index < -0.39 is 0 Å². The van der Waals surface area contributed by atoms with Gasteiger partial charge in [0.15, 0.2) is 0 Å². The summed E-state index contributed by atoms with van der Waals surface area (Å²) in [5.41, 5.74) is 34.0. The Kier molecular flexibility index (Phi) is 23.8.